The van der Waals surface area contributed by atoms with Crippen molar-refractivity contribution >= 4 is 73.0 Å². The lowest BCUT2D eigenvalue weighted by atomic mass is 9.80. The maximum absolute atomic E-state index is 12.8. The van der Waals surface area contributed by atoms with Crippen LogP contribution in [0.4, 0.5) is 11.4 Å². The van der Waals surface area contributed by atoms with E-state index < -0.39 is 103 Å². The third kappa shape index (κ3) is 15.8. The van der Waals surface area contributed by atoms with Crippen molar-refractivity contribution in [1.29, 1.82) is 0 Å². The summed E-state index contributed by atoms with van der Waals surface area (Å²) in [6.07, 6.45) is 12.0. The van der Waals surface area contributed by atoms with E-state index >= 15 is 0 Å². The van der Waals surface area contributed by atoms with Gasteiger partial charge in [-0.1, -0.05) is 62.4 Å². The number of rotatable bonds is 26. The Morgan fingerprint density at radius 3 is 1.67 bits per heavy atom. The van der Waals surface area contributed by atoms with Crippen molar-refractivity contribution in [2.24, 2.45) is 0 Å². The SMILES string of the molecule is CC1(C)C(=CC=CC=CC=CC2=[N+](CCCCS(=O)(=O)O)c3ccc(CC(=O)NC(CC(=O)O)C(=O)O)cc3C2(C)C)N(CCCCS(=O)(=O)O)c2ccc(CC(=O)NC(CC(=O)O)C(=O)O)cc21. The van der Waals surface area contributed by atoms with Gasteiger partial charge in [-0.25, -0.2) is 9.59 Å². The number of carbonyl (C=O) groups is 6. The predicted molar refractivity (Wildman–Crippen MR) is 254 cm³/mol. The van der Waals surface area contributed by atoms with Gasteiger partial charge in [0.2, 0.25) is 17.5 Å². The maximum atomic E-state index is 12.8. The Kier molecular flexibility index (Phi) is 18.5. The normalized spacial score (nSPS) is 16.8. The lowest BCUT2D eigenvalue weighted by molar-refractivity contribution is -0.438. The first kappa shape index (κ1) is 55.1. The molecule has 20 nitrogen and oxygen atoms in total. The van der Waals surface area contributed by atoms with Crippen LogP contribution in [0.2, 0.25) is 0 Å². The summed E-state index contributed by atoms with van der Waals surface area (Å²) in [6, 6.07) is 7.44. The summed E-state index contributed by atoms with van der Waals surface area (Å²) in [7, 11) is -8.35. The Balaban J connectivity index is 1.59. The predicted octanol–water partition coefficient (Wildman–Crippen LogP) is 3.92. The Bertz CT molecular complexity index is 2720. The average molecular weight is 1000 g/mol. The average Bonchev–Trinajstić information content (AvgIpc) is 3.56. The van der Waals surface area contributed by atoms with Crippen LogP contribution in [0.1, 0.15) is 88.5 Å². The fourth-order valence-electron chi connectivity index (χ4n) is 8.35. The molecule has 2 aromatic carbocycles. The van der Waals surface area contributed by atoms with Crippen molar-refractivity contribution in [3.05, 3.63) is 107 Å². The number of aliphatic carboxylic acids is 4. The third-order valence-corrected chi connectivity index (χ3v) is 13.3. The molecule has 69 heavy (non-hydrogen) atoms. The molecular formula is C47H59N4O16S2+. The second-order valence-electron chi connectivity index (χ2n) is 17.8. The van der Waals surface area contributed by atoms with E-state index in [1.165, 1.54) is 0 Å². The summed E-state index contributed by atoms with van der Waals surface area (Å²) in [5.41, 5.74) is 4.72. The molecule has 4 rings (SSSR count). The molecular weight excluding hydrogens is 941 g/mol. The van der Waals surface area contributed by atoms with Crippen molar-refractivity contribution in [3.63, 3.8) is 0 Å². The number of nitrogens with one attached hydrogen (secondary N) is 2. The third-order valence-electron chi connectivity index (χ3n) is 11.7. The zero-order valence-electron chi connectivity index (χ0n) is 38.6. The molecule has 0 spiro atoms. The number of amides is 2. The van der Waals surface area contributed by atoms with E-state index in [9.17, 15) is 64.9 Å². The van der Waals surface area contributed by atoms with Gasteiger partial charge < -0.3 is 36.0 Å². The van der Waals surface area contributed by atoms with E-state index in [1.807, 2.05) is 73.6 Å². The van der Waals surface area contributed by atoms with Gasteiger partial charge in [0.1, 0.15) is 18.6 Å². The van der Waals surface area contributed by atoms with E-state index in [1.54, 1.807) is 42.5 Å². The van der Waals surface area contributed by atoms with Crippen LogP contribution in [0.5, 0.6) is 0 Å². The quantitative estimate of drug-likeness (QED) is 0.0287. The number of benzene rings is 2. The largest absolute Gasteiger partial charge is 0.481 e. The van der Waals surface area contributed by atoms with Gasteiger partial charge in [0, 0.05) is 47.5 Å². The summed E-state index contributed by atoms with van der Waals surface area (Å²) in [5, 5.41) is 41.4. The zero-order valence-corrected chi connectivity index (χ0v) is 40.3. The second-order valence-corrected chi connectivity index (χ2v) is 20.9. The standard InChI is InChI=1S/C47H58N4O16S2/c1-46(2)32-24-30(26-40(52)48-34(44(58)59)28-42(54)55)16-18-36(32)50(20-10-12-22-68(62,63)64)38(46)14-8-6-5-7-9-15-39-47(3,4)33-25-31(27-41(53)49-35(45(60)61)29-43(56)57)17-19-37(33)51(39)21-11-13-23-69(65,66)67/h5-9,14-19,24-25,34-35H,10-13,20-23,26-29H2,1-4H3,(H7-,48,49,52,53,54,55,56,57,58,59,60,61,62,63,64,65,66,67)/p+1. The highest BCUT2D eigenvalue weighted by atomic mass is 32.2. The van der Waals surface area contributed by atoms with Gasteiger partial charge in [-0.15, -0.1) is 0 Å². The fraction of sp³-hybridized carbons (Fsp3) is 0.426. The van der Waals surface area contributed by atoms with Crippen LogP contribution in [0.25, 0.3) is 0 Å². The lowest BCUT2D eigenvalue weighted by Crippen LogP contribution is -2.42. The maximum Gasteiger partial charge on any atom is 0.326 e. The molecule has 0 fully saturated rings. The van der Waals surface area contributed by atoms with Crippen LogP contribution >= 0.6 is 0 Å². The van der Waals surface area contributed by atoms with E-state index in [0.717, 1.165) is 33.9 Å². The molecule has 2 heterocycles. The highest BCUT2D eigenvalue weighted by molar-refractivity contribution is 7.86. The highest BCUT2D eigenvalue weighted by Crippen LogP contribution is 2.48. The van der Waals surface area contributed by atoms with Crippen molar-refractivity contribution in [2.45, 2.75) is 102 Å². The van der Waals surface area contributed by atoms with Gasteiger partial charge in [-0.2, -0.15) is 21.4 Å². The molecule has 374 valence electrons. The Morgan fingerprint density at radius 1 is 0.652 bits per heavy atom. The molecule has 2 aliphatic rings. The Morgan fingerprint density at radius 2 is 1.14 bits per heavy atom. The molecule has 22 heteroatoms. The minimum Gasteiger partial charge on any atom is -0.481 e. The number of allylic oxidation sites excluding steroid dienone is 8. The number of nitrogens with zero attached hydrogens (tertiary/aromatic N) is 2. The minimum absolute atomic E-state index is 0.189. The lowest BCUT2D eigenvalue weighted by Gasteiger charge is -2.27. The first-order chi connectivity index (χ1) is 32.1. The number of fused-ring (bicyclic) bond motifs is 2. The van der Waals surface area contributed by atoms with Gasteiger partial charge >= 0.3 is 23.9 Å². The molecule has 2 amide bonds. The fourth-order valence-corrected chi connectivity index (χ4v) is 9.49. The number of anilines is 1. The van der Waals surface area contributed by atoms with Crippen LogP contribution in [-0.2, 0) is 72.7 Å². The monoisotopic (exact) mass is 999 g/mol. The first-order valence-corrected chi connectivity index (χ1v) is 25.1. The molecule has 0 aromatic heterocycles. The van der Waals surface area contributed by atoms with E-state index in [4.69, 9.17) is 10.2 Å². The molecule has 8 N–H and O–H groups in total. The number of carbonyl (C=O) groups excluding carboxylic acids is 2. The number of carboxylic acid groups (broad SMARTS) is 4. The molecule has 2 aromatic rings. The second kappa shape index (κ2) is 23.2. The molecule has 0 radical (unpaired) electrons. The van der Waals surface area contributed by atoms with Gasteiger partial charge in [0.15, 0.2) is 5.71 Å². The summed E-state index contributed by atoms with van der Waals surface area (Å²) < 4.78 is 66.4. The van der Waals surface area contributed by atoms with Gasteiger partial charge in [0.05, 0.1) is 42.6 Å². The van der Waals surface area contributed by atoms with Gasteiger partial charge in [-0.3, -0.25) is 28.3 Å². The van der Waals surface area contributed by atoms with Crippen LogP contribution < -0.4 is 15.5 Å². The topological polar surface area (TPSA) is 322 Å². The van der Waals surface area contributed by atoms with Crippen molar-refractivity contribution in [1.82, 2.24) is 10.6 Å². The number of hydrogen-bond donors (Lipinski definition) is 8. The summed E-state index contributed by atoms with van der Waals surface area (Å²) >= 11 is 0. The van der Waals surface area contributed by atoms with Crippen molar-refractivity contribution < 1.29 is 79.7 Å². The van der Waals surface area contributed by atoms with E-state index in [2.05, 4.69) is 10.6 Å². The Hall–Kier alpha value is -6.49. The molecule has 0 saturated carbocycles. The van der Waals surface area contributed by atoms with Crippen LogP contribution in [-0.4, -0.2) is 129 Å². The van der Waals surface area contributed by atoms with Crippen LogP contribution in [0.3, 0.4) is 0 Å². The number of carboxylic acids is 4. The van der Waals surface area contributed by atoms with Gasteiger partial charge in [-0.05, 0) is 68.0 Å². The van der Waals surface area contributed by atoms with Crippen molar-refractivity contribution in [3.8, 4) is 0 Å². The Labute approximate surface area is 400 Å². The zero-order chi connectivity index (χ0) is 51.5. The smallest absolute Gasteiger partial charge is 0.326 e. The molecule has 0 bridgehead atoms. The van der Waals surface area contributed by atoms with E-state index in [0.29, 0.717) is 37.1 Å². The minimum atomic E-state index is -4.17. The summed E-state index contributed by atoms with van der Waals surface area (Å²) in [5.74, 6) is -7.90. The summed E-state index contributed by atoms with van der Waals surface area (Å²) in [4.78, 5) is 73.0. The molecule has 0 saturated heterocycles. The first-order valence-electron chi connectivity index (χ1n) is 21.9. The van der Waals surface area contributed by atoms with Crippen LogP contribution in [0, 0.1) is 0 Å². The molecule has 2 atom stereocenters. The summed E-state index contributed by atoms with van der Waals surface area (Å²) in [6.45, 7) is 8.66. The number of hydrogen-bond acceptors (Lipinski definition) is 11. The molecule has 2 unspecified atom stereocenters. The highest BCUT2D eigenvalue weighted by Gasteiger charge is 2.44. The number of unbranched alkanes of at least 4 members (excludes halogenated alkanes) is 2. The molecule has 0 aliphatic carbocycles. The molecule has 2 aliphatic heterocycles. The van der Waals surface area contributed by atoms with Crippen LogP contribution in [0.15, 0.2) is 84.6 Å². The van der Waals surface area contributed by atoms with Crippen molar-refractivity contribution in [2.75, 3.05) is 29.5 Å². The van der Waals surface area contributed by atoms with Gasteiger partial charge in [0.25, 0.3) is 20.2 Å². The van der Waals surface area contributed by atoms with E-state index in [-0.39, 0.29) is 25.7 Å².